The van der Waals surface area contributed by atoms with Gasteiger partial charge >= 0.3 is 0 Å². The quantitative estimate of drug-likeness (QED) is 0.901. The molecule has 0 amide bonds. The summed E-state index contributed by atoms with van der Waals surface area (Å²) in [6.07, 6.45) is 5.20. The minimum atomic E-state index is 0.585. The summed E-state index contributed by atoms with van der Waals surface area (Å²) >= 11 is 6.25. The maximum Gasteiger partial charge on any atom is 0.0427 e. The first-order valence-corrected chi connectivity index (χ1v) is 8.44. The highest BCUT2D eigenvalue weighted by Crippen LogP contribution is 2.29. The summed E-state index contributed by atoms with van der Waals surface area (Å²) in [6, 6.07) is 7.63. The van der Waals surface area contributed by atoms with Gasteiger partial charge in [0.05, 0.1) is 0 Å². The molecule has 1 atom stereocenters. The van der Waals surface area contributed by atoms with E-state index in [0.29, 0.717) is 6.04 Å². The van der Waals surface area contributed by atoms with E-state index in [1.54, 1.807) is 0 Å². The fraction of sp³-hybridized carbons (Fsp3) is 0.647. The number of rotatable bonds is 5. The number of benzene rings is 1. The monoisotopic (exact) mass is 307 g/mol. The molecule has 1 aliphatic heterocycles. The molecule has 0 bridgehead atoms. The lowest BCUT2D eigenvalue weighted by Gasteiger charge is -2.38. The molecular formula is C17H26ClN3. The molecule has 1 aromatic carbocycles. The number of anilines is 1. The van der Waals surface area contributed by atoms with Crippen LogP contribution in [0.3, 0.4) is 0 Å². The van der Waals surface area contributed by atoms with Crippen molar-refractivity contribution in [2.24, 2.45) is 0 Å². The number of likely N-dealkylation sites (tertiary alicyclic amines) is 1. The molecular weight excluding hydrogens is 282 g/mol. The Hall–Kier alpha value is -0.770. The van der Waals surface area contributed by atoms with Crippen LogP contribution in [0, 0.1) is 0 Å². The van der Waals surface area contributed by atoms with Crippen molar-refractivity contribution < 1.29 is 0 Å². The van der Waals surface area contributed by atoms with Crippen molar-refractivity contribution in [1.29, 1.82) is 0 Å². The van der Waals surface area contributed by atoms with Gasteiger partial charge in [0.2, 0.25) is 0 Å². The van der Waals surface area contributed by atoms with Crippen molar-refractivity contribution in [3.8, 4) is 0 Å². The van der Waals surface area contributed by atoms with Crippen molar-refractivity contribution in [3.05, 3.63) is 28.8 Å². The summed E-state index contributed by atoms with van der Waals surface area (Å²) in [5, 5.41) is 4.45. The van der Waals surface area contributed by atoms with Gasteiger partial charge in [-0.3, -0.25) is 0 Å². The molecule has 1 heterocycles. The van der Waals surface area contributed by atoms with Crippen molar-refractivity contribution in [2.45, 2.75) is 44.3 Å². The Labute approximate surface area is 133 Å². The number of halogens is 1. The Morgan fingerprint density at radius 1 is 1.33 bits per heavy atom. The van der Waals surface area contributed by atoms with Gasteiger partial charge in [0.15, 0.2) is 0 Å². The van der Waals surface area contributed by atoms with Gasteiger partial charge in [0.25, 0.3) is 0 Å². The third-order valence-electron chi connectivity index (χ3n) is 4.73. The molecule has 2 aliphatic rings. The van der Waals surface area contributed by atoms with E-state index in [1.807, 2.05) is 6.07 Å². The normalized spacial score (nSPS) is 23.3. The van der Waals surface area contributed by atoms with E-state index in [1.165, 1.54) is 43.5 Å². The molecule has 0 radical (unpaired) electrons. The fourth-order valence-corrected chi connectivity index (χ4v) is 3.37. The number of nitrogens with one attached hydrogen (secondary N) is 1. The second-order valence-corrected chi connectivity index (χ2v) is 7.03. The molecule has 4 heteroatoms. The fourth-order valence-electron chi connectivity index (χ4n) is 3.21. The number of nitrogens with zero attached hydrogens (tertiary/aromatic N) is 2. The maximum atomic E-state index is 6.25. The zero-order valence-corrected chi connectivity index (χ0v) is 13.9. The molecule has 0 aromatic heterocycles. The van der Waals surface area contributed by atoms with Crippen molar-refractivity contribution in [1.82, 2.24) is 10.2 Å². The van der Waals surface area contributed by atoms with Crippen LogP contribution in [0.4, 0.5) is 5.69 Å². The van der Waals surface area contributed by atoms with Crippen molar-refractivity contribution in [3.63, 3.8) is 0 Å². The van der Waals surface area contributed by atoms with Gasteiger partial charge in [-0.1, -0.05) is 17.7 Å². The summed E-state index contributed by atoms with van der Waals surface area (Å²) in [6.45, 7) is 3.30. The Morgan fingerprint density at radius 3 is 2.86 bits per heavy atom. The largest absolute Gasteiger partial charge is 0.370 e. The van der Waals surface area contributed by atoms with Gasteiger partial charge in [-0.15, -0.1) is 0 Å². The molecule has 0 spiro atoms. The van der Waals surface area contributed by atoms with E-state index in [9.17, 15) is 0 Å². The molecule has 1 unspecified atom stereocenters. The average Bonchev–Trinajstić information content (AvgIpc) is 3.29. The maximum absolute atomic E-state index is 6.25. The predicted octanol–water partition coefficient (Wildman–Crippen LogP) is 3.12. The highest BCUT2D eigenvalue weighted by molar-refractivity contribution is 6.30. The lowest BCUT2D eigenvalue weighted by atomic mass is 10.0. The lowest BCUT2D eigenvalue weighted by molar-refractivity contribution is 0.248. The van der Waals surface area contributed by atoms with Crippen molar-refractivity contribution in [2.75, 3.05) is 32.1 Å². The van der Waals surface area contributed by atoms with Crippen LogP contribution in [-0.4, -0.2) is 44.2 Å². The summed E-state index contributed by atoms with van der Waals surface area (Å²) < 4.78 is 0. The smallest absolute Gasteiger partial charge is 0.0427 e. The van der Waals surface area contributed by atoms with Gasteiger partial charge in [0, 0.05) is 42.9 Å². The van der Waals surface area contributed by atoms with E-state index in [2.05, 4.69) is 41.3 Å². The Bertz CT molecular complexity index is 487. The number of hydrogen-bond acceptors (Lipinski definition) is 3. The molecule has 21 heavy (non-hydrogen) atoms. The Kier molecular flexibility index (Phi) is 4.72. The number of likely N-dealkylation sites (N-methyl/N-ethyl adjacent to an activating group) is 2. The summed E-state index contributed by atoms with van der Waals surface area (Å²) in [7, 11) is 4.43. The molecule has 1 N–H and O–H groups in total. The minimum absolute atomic E-state index is 0.585. The van der Waals surface area contributed by atoms with Crippen LogP contribution in [0.25, 0.3) is 0 Å². The predicted molar refractivity (Wildman–Crippen MR) is 90.2 cm³/mol. The number of hydrogen-bond donors (Lipinski definition) is 1. The SMILES string of the molecule is CN1CCCC(N(C)c2cc(Cl)ccc2CNC2CC2)C1. The first-order valence-electron chi connectivity index (χ1n) is 8.06. The van der Waals surface area contributed by atoms with E-state index < -0.39 is 0 Å². The van der Waals surface area contributed by atoms with E-state index in [-0.39, 0.29) is 0 Å². The van der Waals surface area contributed by atoms with E-state index in [4.69, 9.17) is 11.6 Å². The minimum Gasteiger partial charge on any atom is -0.370 e. The highest BCUT2D eigenvalue weighted by atomic mass is 35.5. The zero-order valence-electron chi connectivity index (χ0n) is 13.1. The van der Waals surface area contributed by atoms with Crippen LogP contribution in [0.15, 0.2) is 18.2 Å². The molecule has 3 rings (SSSR count). The van der Waals surface area contributed by atoms with Gasteiger partial charge in [0.1, 0.15) is 0 Å². The van der Waals surface area contributed by atoms with Crippen LogP contribution < -0.4 is 10.2 Å². The Morgan fingerprint density at radius 2 is 2.14 bits per heavy atom. The third kappa shape index (κ3) is 3.91. The molecule has 1 saturated heterocycles. The number of piperidine rings is 1. The molecule has 3 nitrogen and oxygen atoms in total. The van der Waals surface area contributed by atoms with Crippen LogP contribution in [0.1, 0.15) is 31.2 Å². The Balaban J connectivity index is 1.75. The van der Waals surface area contributed by atoms with Crippen LogP contribution >= 0.6 is 11.6 Å². The zero-order chi connectivity index (χ0) is 14.8. The molecule has 116 valence electrons. The first-order chi connectivity index (χ1) is 10.1. The van der Waals surface area contributed by atoms with Crippen LogP contribution in [-0.2, 0) is 6.54 Å². The topological polar surface area (TPSA) is 18.5 Å². The first kappa shape index (κ1) is 15.1. The summed E-state index contributed by atoms with van der Waals surface area (Å²) in [5.74, 6) is 0. The van der Waals surface area contributed by atoms with Gasteiger partial charge in [-0.2, -0.15) is 0 Å². The van der Waals surface area contributed by atoms with Gasteiger partial charge < -0.3 is 15.1 Å². The van der Waals surface area contributed by atoms with Crippen LogP contribution in [0.2, 0.25) is 5.02 Å². The highest BCUT2D eigenvalue weighted by Gasteiger charge is 2.24. The van der Waals surface area contributed by atoms with Gasteiger partial charge in [-0.05, 0) is 57.0 Å². The van der Waals surface area contributed by atoms with E-state index in [0.717, 1.165) is 24.2 Å². The lowest BCUT2D eigenvalue weighted by Crippen LogP contribution is -2.45. The standard InChI is InChI=1S/C17H26ClN3/c1-20-9-3-4-16(12-20)21(2)17-10-14(18)6-5-13(17)11-19-15-7-8-15/h5-6,10,15-16,19H,3-4,7-9,11-12H2,1-2H3. The molecule has 1 aromatic rings. The molecule has 1 saturated carbocycles. The molecule has 1 aliphatic carbocycles. The second-order valence-electron chi connectivity index (χ2n) is 6.60. The average molecular weight is 308 g/mol. The summed E-state index contributed by atoms with van der Waals surface area (Å²) in [4.78, 5) is 4.86. The van der Waals surface area contributed by atoms with Crippen LogP contribution in [0.5, 0.6) is 0 Å². The van der Waals surface area contributed by atoms with Gasteiger partial charge in [-0.25, -0.2) is 0 Å². The second kappa shape index (κ2) is 6.55. The summed E-state index contributed by atoms with van der Waals surface area (Å²) in [5.41, 5.74) is 2.65. The van der Waals surface area contributed by atoms with E-state index >= 15 is 0 Å². The van der Waals surface area contributed by atoms with Crippen molar-refractivity contribution >= 4 is 17.3 Å². The molecule has 2 fully saturated rings. The third-order valence-corrected chi connectivity index (χ3v) is 4.97.